The van der Waals surface area contributed by atoms with Crippen LogP contribution in [0.15, 0.2) is 0 Å². The van der Waals surface area contributed by atoms with Gasteiger partial charge in [-0.2, -0.15) is 0 Å². The Morgan fingerprint density at radius 3 is 2.20 bits per heavy atom. The Hall–Kier alpha value is -0.420. The summed E-state index contributed by atoms with van der Waals surface area (Å²) in [5.41, 5.74) is 0. The summed E-state index contributed by atoms with van der Waals surface area (Å²) in [7, 11) is -4.41. The molecule has 0 aliphatic rings. The Labute approximate surface area is 57.1 Å². The van der Waals surface area contributed by atoms with Crippen LogP contribution in [0.2, 0.25) is 0 Å². The second kappa shape index (κ2) is 3.12. The highest BCUT2D eigenvalue weighted by Gasteiger charge is 2.20. The minimum Gasteiger partial charge on any atom is -0.480 e. The minimum atomic E-state index is -4.41. The summed E-state index contributed by atoms with van der Waals surface area (Å²) in [6, 6.07) is -1.24. The SMILES string of the molecule is CC(NP(=O)(O)O)C(O)=[18O]. The molecule has 1 atom stereocenters. The van der Waals surface area contributed by atoms with E-state index < -0.39 is 19.8 Å². The molecule has 0 aromatic heterocycles. The van der Waals surface area contributed by atoms with Crippen LogP contribution in [0.4, 0.5) is 0 Å². The number of rotatable bonds is 3. The maximum Gasteiger partial charge on any atom is 0.401 e. The van der Waals surface area contributed by atoms with Crippen molar-refractivity contribution in [2.24, 2.45) is 0 Å². The summed E-state index contributed by atoms with van der Waals surface area (Å²) < 4.78 is 10.1. The first-order valence-corrected chi connectivity index (χ1v) is 4.00. The maximum absolute atomic E-state index is 10.1. The molecule has 7 heteroatoms. The normalized spacial score (nSPS) is 14.7. The van der Waals surface area contributed by atoms with Gasteiger partial charge in [0.25, 0.3) is 0 Å². The fraction of sp³-hybridized carbons (Fsp3) is 0.667. The molecular formula is C3H8NO5P. The highest BCUT2D eigenvalue weighted by atomic mass is 31.2. The van der Waals surface area contributed by atoms with E-state index in [9.17, 15) is 9.36 Å². The topological polar surface area (TPSA) is 107 Å². The van der Waals surface area contributed by atoms with E-state index >= 15 is 0 Å². The molecule has 0 saturated carbocycles. The van der Waals surface area contributed by atoms with Gasteiger partial charge in [0.05, 0.1) is 0 Å². The number of carboxylic acids is 1. The van der Waals surface area contributed by atoms with Gasteiger partial charge in [0.2, 0.25) is 0 Å². The molecule has 0 spiro atoms. The molecule has 0 aliphatic heterocycles. The van der Waals surface area contributed by atoms with E-state index in [2.05, 4.69) is 0 Å². The summed E-state index contributed by atoms with van der Waals surface area (Å²) in [6.07, 6.45) is 0. The van der Waals surface area contributed by atoms with Gasteiger partial charge in [-0.05, 0) is 6.92 Å². The fourth-order valence-corrected chi connectivity index (χ4v) is 0.922. The zero-order chi connectivity index (χ0) is 8.36. The van der Waals surface area contributed by atoms with Crippen molar-refractivity contribution in [3.63, 3.8) is 0 Å². The first-order chi connectivity index (χ1) is 4.33. The number of nitrogens with one attached hydrogen (secondary N) is 1. The molecule has 4 N–H and O–H groups in total. The quantitative estimate of drug-likeness (QED) is 0.325. The Bertz CT molecular complexity index is 174. The Kier molecular flexibility index (Phi) is 2.98. The standard InChI is InChI=1S/C3H8NO5P/c1-2(3(5)6)4-10(7,8)9/h2H,1H3,(H,5,6)(H3,4,7,8,9)/i5+2. The molecule has 6 nitrogen and oxygen atoms in total. The summed E-state index contributed by atoms with van der Waals surface area (Å²) in [6.45, 7) is 1.14. The smallest absolute Gasteiger partial charge is 0.401 e. The van der Waals surface area contributed by atoms with Crippen LogP contribution >= 0.6 is 7.75 Å². The van der Waals surface area contributed by atoms with Crippen molar-refractivity contribution >= 4 is 13.7 Å². The van der Waals surface area contributed by atoms with Crippen LogP contribution in [0.25, 0.3) is 0 Å². The Morgan fingerprint density at radius 1 is 1.70 bits per heavy atom. The number of carboxylic acid groups (broad SMARTS) is 1. The van der Waals surface area contributed by atoms with Crippen molar-refractivity contribution < 1.29 is 24.3 Å². The number of hydrogen-bond acceptors (Lipinski definition) is 2. The summed E-state index contributed by atoms with van der Waals surface area (Å²) in [4.78, 5) is 26.3. The molecule has 0 heterocycles. The number of carbonyl (C=O) groups is 1. The molecule has 0 amide bonds. The monoisotopic (exact) mass is 171 g/mol. The van der Waals surface area contributed by atoms with E-state index in [1.54, 1.807) is 5.09 Å². The number of aliphatic carboxylic acids is 1. The van der Waals surface area contributed by atoms with Gasteiger partial charge in [0.15, 0.2) is 0 Å². The van der Waals surface area contributed by atoms with Crippen molar-refractivity contribution in [3.8, 4) is 0 Å². The molecule has 0 bridgehead atoms. The number of hydrogen-bond donors (Lipinski definition) is 4. The van der Waals surface area contributed by atoms with Gasteiger partial charge in [-0.1, -0.05) is 0 Å². The van der Waals surface area contributed by atoms with Crippen molar-refractivity contribution in [2.75, 3.05) is 0 Å². The molecule has 0 aliphatic carbocycles. The van der Waals surface area contributed by atoms with Crippen molar-refractivity contribution in [3.05, 3.63) is 0 Å². The van der Waals surface area contributed by atoms with Crippen LogP contribution in [0.5, 0.6) is 0 Å². The van der Waals surface area contributed by atoms with Gasteiger partial charge in [-0.3, -0.25) is 4.79 Å². The lowest BCUT2D eigenvalue weighted by atomic mass is 10.4. The van der Waals surface area contributed by atoms with E-state index in [-0.39, 0.29) is 0 Å². The molecule has 1 unspecified atom stereocenters. The van der Waals surface area contributed by atoms with Crippen molar-refractivity contribution in [1.82, 2.24) is 5.09 Å². The molecule has 0 aromatic rings. The van der Waals surface area contributed by atoms with Gasteiger partial charge in [0, 0.05) is 0 Å². The van der Waals surface area contributed by atoms with E-state index in [0.29, 0.717) is 0 Å². The van der Waals surface area contributed by atoms with Gasteiger partial charge in [-0.25, -0.2) is 9.65 Å². The third-order valence-electron chi connectivity index (χ3n) is 0.732. The van der Waals surface area contributed by atoms with E-state index in [4.69, 9.17) is 14.9 Å². The predicted molar refractivity (Wildman–Crippen MR) is 32.3 cm³/mol. The van der Waals surface area contributed by atoms with Gasteiger partial charge < -0.3 is 14.9 Å². The van der Waals surface area contributed by atoms with Crippen LogP contribution in [-0.2, 0) is 9.36 Å². The third-order valence-corrected chi connectivity index (χ3v) is 1.46. The average molecular weight is 171 g/mol. The molecule has 0 aromatic carbocycles. The molecular weight excluding hydrogens is 163 g/mol. The first kappa shape index (κ1) is 9.58. The molecule has 60 valence electrons. The Balaban J connectivity index is 3.93. The van der Waals surface area contributed by atoms with E-state index in [1.165, 1.54) is 0 Å². The van der Waals surface area contributed by atoms with Crippen molar-refractivity contribution in [1.29, 1.82) is 0 Å². The van der Waals surface area contributed by atoms with Crippen LogP contribution in [0, 0.1) is 0 Å². The average Bonchev–Trinajstić information content (AvgIpc) is 1.60. The summed E-state index contributed by atoms with van der Waals surface area (Å²) in [5, 5.41) is 9.73. The molecule has 10 heavy (non-hydrogen) atoms. The summed E-state index contributed by atoms with van der Waals surface area (Å²) >= 11 is 0. The van der Waals surface area contributed by atoms with Crippen LogP contribution < -0.4 is 5.09 Å². The fourth-order valence-electron chi connectivity index (χ4n) is 0.307. The third kappa shape index (κ3) is 4.46. The molecule has 0 rings (SSSR count). The zero-order valence-corrected chi connectivity index (χ0v) is 6.08. The Morgan fingerprint density at radius 2 is 2.10 bits per heavy atom. The largest absolute Gasteiger partial charge is 0.480 e. The van der Waals surface area contributed by atoms with Gasteiger partial charge >= 0.3 is 13.7 Å². The van der Waals surface area contributed by atoms with Crippen LogP contribution in [0.3, 0.4) is 0 Å². The summed E-state index contributed by atoms with van der Waals surface area (Å²) in [5.74, 6) is -1.30. The second-order valence-corrected chi connectivity index (χ2v) is 3.08. The zero-order valence-electron chi connectivity index (χ0n) is 5.18. The van der Waals surface area contributed by atoms with E-state index in [0.717, 1.165) is 6.92 Å². The second-order valence-electron chi connectivity index (χ2n) is 1.73. The predicted octanol–water partition coefficient (Wildman–Crippen LogP) is -0.858. The van der Waals surface area contributed by atoms with Gasteiger partial charge in [-0.15, -0.1) is 0 Å². The van der Waals surface area contributed by atoms with Crippen molar-refractivity contribution in [2.45, 2.75) is 13.0 Å². The molecule has 0 fully saturated rings. The van der Waals surface area contributed by atoms with Crippen LogP contribution in [0.1, 0.15) is 6.92 Å². The first-order valence-electron chi connectivity index (χ1n) is 2.39. The molecule has 0 radical (unpaired) electrons. The lowest BCUT2D eigenvalue weighted by molar-refractivity contribution is -0.138. The highest BCUT2D eigenvalue weighted by molar-refractivity contribution is 7.49. The van der Waals surface area contributed by atoms with E-state index in [1.807, 2.05) is 0 Å². The minimum absolute atomic E-state index is 1.14. The molecule has 0 saturated heterocycles. The van der Waals surface area contributed by atoms with Crippen LogP contribution in [-0.4, -0.2) is 26.9 Å². The maximum atomic E-state index is 10.1. The lowest BCUT2D eigenvalue weighted by Crippen LogP contribution is -2.30. The van der Waals surface area contributed by atoms with Gasteiger partial charge in [0.1, 0.15) is 6.04 Å². The highest BCUT2D eigenvalue weighted by Crippen LogP contribution is 2.28. The lowest BCUT2D eigenvalue weighted by Gasteiger charge is -2.08.